The van der Waals surface area contributed by atoms with E-state index >= 15 is 0 Å². The molecule has 0 spiro atoms. The molecule has 59 heavy (non-hydrogen) atoms. The first kappa shape index (κ1) is 49.8. The van der Waals surface area contributed by atoms with Crippen molar-refractivity contribution in [2.75, 3.05) is 20.7 Å². The summed E-state index contributed by atoms with van der Waals surface area (Å²) in [6.07, 6.45) is 7.41. The molecule has 0 saturated carbocycles. The van der Waals surface area contributed by atoms with E-state index in [1.807, 2.05) is 0 Å². The molecule has 1 aliphatic rings. The number of amides is 4. The van der Waals surface area contributed by atoms with Crippen LogP contribution in [0.3, 0.4) is 0 Å². The van der Waals surface area contributed by atoms with Gasteiger partial charge in [0, 0.05) is 63.2 Å². The number of likely N-dealkylation sites (N-methyl/N-ethyl adjacent to an activating group) is 2. The molecule has 3 rings (SSSR count). The summed E-state index contributed by atoms with van der Waals surface area (Å²) in [6, 6.07) is 3.47. The van der Waals surface area contributed by atoms with Crippen LogP contribution in [0, 0.1) is 5.92 Å². The van der Waals surface area contributed by atoms with Gasteiger partial charge >= 0.3 is 5.97 Å². The number of carboxylic acid groups (broad SMARTS) is 1. The number of ketones is 2. The second-order valence-corrected chi connectivity index (χ2v) is 15.3. The van der Waals surface area contributed by atoms with E-state index in [0.717, 1.165) is 24.2 Å². The number of aliphatic hydroxyl groups excluding tert-OH is 1. The quantitative estimate of drug-likeness (QED) is 0.105. The van der Waals surface area contributed by atoms with Gasteiger partial charge in [-0.15, -0.1) is 0 Å². The highest BCUT2D eigenvalue weighted by Gasteiger charge is 2.34. The predicted octanol–water partition coefficient (Wildman–Crippen LogP) is 4.83. The fraction of sp³-hybridized carbons (Fsp3) is 0.568. The van der Waals surface area contributed by atoms with Gasteiger partial charge in [0.25, 0.3) is 0 Å². The van der Waals surface area contributed by atoms with E-state index < -0.39 is 78.4 Å². The Balaban J connectivity index is 0.0000120. The van der Waals surface area contributed by atoms with Crippen molar-refractivity contribution >= 4 is 41.2 Å². The van der Waals surface area contributed by atoms with Gasteiger partial charge < -0.3 is 40.9 Å². The standard InChI is InChI=1S/C43H60N4O11.CH4/c1-6-7-8-9-10-11-12-13-14-38(53)46(4)33(25-48)42(56)44-27(3)34(49)19-20-39(54)47(5)40-29-16-18-36(51)31(24-29)30-22-28(15-17-35(30)50)23-32(43(57)58)45-41(55)26(2)21-37(40)52;/h15-18,22,24,26-27,32-33,40,48,50-51H,6-14,19-21,23,25H2,1-5H3,(H,44,56)(H,45,55)(H,57,58);1H4/t26-,27-,32+,33-,40+;/m1./s1. The van der Waals surface area contributed by atoms with Gasteiger partial charge in [-0.1, -0.05) is 78.4 Å². The van der Waals surface area contributed by atoms with Gasteiger partial charge in [-0.2, -0.15) is 0 Å². The van der Waals surface area contributed by atoms with Crippen LogP contribution in [-0.4, -0.2) is 110 Å². The zero-order valence-electron chi connectivity index (χ0n) is 34.3. The minimum atomic E-state index is -1.36. The number of Topliss-reactive ketones (excluding diaryl/α,β-unsaturated/α-hetero) is 2. The monoisotopic (exact) mass is 824 g/mol. The molecule has 6 N–H and O–H groups in total. The van der Waals surface area contributed by atoms with Gasteiger partial charge in [-0.25, -0.2) is 4.79 Å². The van der Waals surface area contributed by atoms with Crippen LogP contribution in [-0.2, 0) is 40.0 Å². The topological polar surface area (TPSA) is 231 Å². The Morgan fingerprint density at radius 3 is 2.03 bits per heavy atom. The molecular formula is C44H64N4O11. The molecule has 0 fully saturated rings. The molecule has 0 unspecified atom stereocenters. The van der Waals surface area contributed by atoms with Crippen molar-refractivity contribution in [3.8, 4) is 22.6 Å². The van der Waals surface area contributed by atoms with E-state index in [1.165, 1.54) is 94.9 Å². The average molecular weight is 825 g/mol. The van der Waals surface area contributed by atoms with Gasteiger partial charge in [0.1, 0.15) is 29.6 Å². The van der Waals surface area contributed by atoms with Gasteiger partial charge in [0.05, 0.1) is 12.6 Å². The molecule has 2 aromatic rings. The number of benzene rings is 2. The molecule has 5 atom stereocenters. The molecule has 2 aromatic carbocycles. The molecule has 4 amide bonds. The smallest absolute Gasteiger partial charge is 0.326 e. The third-order valence-corrected chi connectivity index (χ3v) is 10.8. The van der Waals surface area contributed by atoms with Crippen LogP contribution in [0.2, 0.25) is 0 Å². The Morgan fingerprint density at radius 2 is 1.42 bits per heavy atom. The van der Waals surface area contributed by atoms with Crippen LogP contribution in [0.5, 0.6) is 11.5 Å². The molecule has 0 saturated heterocycles. The lowest BCUT2D eigenvalue weighted by atomic mass is 9.89. The predicted molar refractivity (Wildman–Crippen MR) is 222 cm³/mol. The number of carbonyl (C=O) groups is 7. The van der Waals surface area contributed by atoms with E-state index in [1.54, 1.807) is 0 Å². The first-order chi connectivity index (χ1) is 27.5. The van der Waals surface area contributed by atoms with Crippen molar-refractivity contribution in [2.24, 2.45) is 5.92 Å². The third-order valence-electron chi connectivity index (χ3n) is 10.8. The summed E-state index contributed by atoms with van der Waals surface area (Å²) in [5.41, 5.74) is 0.918. The minimum Gasteiger partial charge on any atom is -0.507 e. The van der Waals surface area contributed by atoms with Crippen LogP contribution in [0.15, 0.2) is 36.4 Å². The molecule has 0 aromatic heterocycles. The lowest BCUT2D eigenvalue weighted by Gasteiger charge is -2.30. The number of nitrogens with one attached hydrogen (secondary N) is 2. The molecule has 326 valence electrons. The van der Waals surface area contributed by atoms with Crippen LogP contribution in [0.4, 0.5) is 0 Å². The summed E-state index contributed by atoms with van der Waals surface area (Å²) in [4.78, 5) is 94.2. The van der Waals surface area contributed by atoms with E-state index in [2.05, 4.69) is 17.6 Å². The average Bonchev–Trinajstić information content (AvgIpc) is 3.18. The molecule has 15 heteroatoms. The van der Waals surface area contributed by atoms with Crippen molar-refractivity contribution in [3.05, 3.63) is 47.5 Å². The molecule has 0 aliphatic carbocycles. The maximum atomic E-state index is 14.0. The summed E-state index contributed by atoms with van der Waals surface area (Å²) < 4.78 is 0. The molecule has 15 nitrogen and oxygen atoms in total. The lowest BCUT2D eigenvalue weighted by Crippen LogP contribution is -2.53. The van der Waals surface area contributed by atoms with Gasteiger partial charge in [0.15, 0.2) is 11.6 Å². The second-order valence-electron chi connectivity index (χ2n) is 15.3. The first-order valence-corrected chi connectivity index (χ1v) is 20.2. The number of aliphatic carboxylic acids is 1. The van der Waals surface area contributed by atoms with E-state index in [9.17, 15) is 54.0 Å². The summed E-state index contributed by atoms with van der Waals surface area (Å²) in [6.45, 7) is 4.39. The van der Waals surface area contributed by atoms with Gasteiger partial charge in [-0.3, -0.25) is 28.8 Å². The summed E-state index contributed by atoms with van der Waals surface area (Å²) in [5, 5.41) is 46.4. The maximum absolute atomic E-state index is 14.0. The Morgan fingerprint density at radius 1 is 0.831 bits per heavy atom. The van der Waals surface area contributed by atoms with Crippen molar-refractivity contribution in [2.45, 2.75) is 136 Å². The number of phenols is 2. The number of rotatable bonds is 19. The van der Waals surface area contributed by atoms with Crippen LogP contribution in [0.25, 0.3) is 11.1 Å². The first-order valence-electron chi connectivity index (χ1n) is 20.2. The number of carbonyl (C=O) groups excluding carboxylic acids is 6. The summed E-state index contributed by atoms with van der Waals surface area (Å²) in [7, 11) is 2.78. The van der Waals surface area contributed by atoms with Crippen molar-refractivity contribution in [3.63, 3.8) is 0 Å². The zero-order chi connectivity index (χ0) is 43.1. The Labute approximate surface area is 347 Å². The Bertz CT molecular complexity index is 1800. The van der Waals surface area contributed by atoms with Crippen molar-refractivity contribution < 1.29 is 54.0 Å². The Hall–Kier alpha value is -5.31. The number of phenolic OH excluding ortho intramolecular Hbond substituents is 2. The summed E-state index contributed by atoms with van der Waals surface area (Å²) in [5.74, 6) is -6.27. The lowest BCUT2D eigenvalue weighted by molar-refractivity contribution is -0.143. The molecule has 4 bridgehead atoms. The van der Waals surface area contributed by atoms with Crippen molar-refractivity contribution in [1.29, 1.82) is 0 Å². The molecule has 1 aliphatic heterocycles. The number of aliphatic hydroxyl groups is 1. The number of carboxylic acids is 1. The molecular weight excluding hydrogens is 761 g/mol. The van der Waals surface area contributed by atoms with E-state index in [4.69, 9.17) is 0 Å². The fourth-order valence-electron chi connectivity index (χ4n) is 7.05. The van der Waals surface area contributed by atoms with Crippen LogP contribution in [0.1, 0.15) is 122 Å². The maximum Gasteiger partial charge on any atom is 0.326 e. The Kier molecular flexibility index (Phi) is 20.2. The van der Waals surface area contributed by atoms with E-state index in [0.29, 0.717) is 12.0 Å². The number of hydrogen-bond donors (Lipinski definition) is 6. The third kappa shape index (κ3) is 14.2. The highest BCUT2D eigenvalue weighted by molar-refractivity contribution is 5.96. The van der Waals surface area contributed by atoms with Crippen molar-refractivity contribution in [1.82, 2.24) is 20.4 Å². The highest BCUT2D eigenvalue weighted by atomic mass is 16.4. The normalized spacial score (nSPS) is 17.6. The zero-order valence-corrected chi connectivity index (χ0v) is 34.3. The second kappa shape index (κ2) is 23.9. The number of nitrogens with zero attached hydrogens (tertiary/aromatic N) is 2. The number of unbranched alkanes of at least 4 members (excludes halogenated alkanes) is 7. The van der Waals surface area contributed by atoms with E-state index in [-0.39, 0.29) is 67.2 Å². The SMILES string of the molecule is C.CCCCCCCCCCC(=O)N(C)[C@H](CO)C(=O)N[C@H](C)C(=O)CCC(=O)N(C)[C@@H]1C(=O)C[C@@H](C)C(=O)N[C@H](C(=O)O)Cc2ccc(O)c(c2)-c2cc1ccc2O. The fourth-order valence-corrected chi connectivity index (χ4v) is 7.05. The van der Waals surface area contributed by atoms with Gasteiger partial charge in [-0.05, 0) is 48.7 Å². The summed E-state index contributed by atoms with van der Waals surface area (Å²) >= 11 is 0. The molecule has 0 radical (unpaired) electrons. The van der Waals surface area contributed by atoms with Crippen LogP contribution >= 0.6 is 0 Å². The number of aromatic hydroxyl groups is 2. The van der Waals surface area contributed by atoms with Gasteiger partial charge in [0.2, 0.25) is 23.6 Å². The number of fused-ring (bicyclic) bond motifs is 5. The van der Waals surface area contributed by atoms with Crippen LogP contribution < -0.4 is 10.6 Å². The minimum absolute atomic E-state index is 0. The molecule has 1 heterocycles. The largest absolute Gasteiger partial charge is 0.507 e. The highest BCUT2D eigenvalue weighted by Crippen LogP contribution is 2.39. The number of hydrogen-bond acceptors (Lipinski definition) is 10.